The number of carbonyl (C=O) groups is 1. The summed E-state index contributed by atoms with van der Waals surface area (Å²) in [4.78, 5) is 25.0. The van der Waals surface area contributed by atoms with E-state index in [1.807, 2.05) is 19.0 Å². The molecule has 0 unspecified atom stereocenters. The summed E-state index contributed by atoms with van der Waals surface area (Å²) in [6.07, 6.45) is 0.217. The molecule has 1 aromatic heterocycles. The summed E-state index contributed by atoms with van der Waals surface area (Å²) in [5.74, 6) is 0.538. The monoisotopic (exact) mass is 407 g/mol. The van der Waals surface area contributed by atoms with Crippen molar-refractivity contribution in [2.45, 2.75) is 25.6 Å². The third-order valence-corrected chi connectivity index (χ3v) is 5.02. The molecule has 1 N–H and O–H groups in total. The van der Waals surface area contributed by atoms with Crippen molar-refractivity contribution < 1.29 is 18.0 Å². The van der Waals surface area contributed by atoms with Crippen molar-refractivity contribution >= 4 is 17.4 Å². The molecule has 0 radical (unpaired) electrons. The van der Waals surface area contributed by atoms with Crippen LogP contribution in [0.3, 0.4) is 0 Å². The Morgan fingerprint density at radius 2 is 2.00 bits per heavy atom. The summed E-state index contributed by atoms with van der Waals surface area (Å²) >= 11 is 0. The number of aromatic nitrogens is 2. The highest BCUT2D eigenvalue weighted by atomic mass is 19.4. The number of nitrogens with one attached hydrogen (secondary N) is 1. The van der Waals surface area contributed by atoms with E-state index in [0.717, 1.165) is 23.6 Å². The van der Waals surface area contributed by atoms with E-state index < -0.39 is 11.7 Å². The second kappa shape index (κ2) is 8.67. The highest BCUT2D eigenvalue weighted by Crippen LogP contribution is 2.30. The Bertz CT molecular complexity index is 848. The third kappa shape index (κ3) is 5.16. The van der Waals surface area contributed by atoms with Gasteiger partial charge in [-0.15, -0.1) is 0 Å². The molecule has 0 atom stereocenters. The van der Waals surface area contributed by atoms with Crippen molar-refractivity contribution in [3.63, 3.8) is 0 Å². The minimum atomic E-state index is -4.39. The molecular weight excluding hydrogens is 383 g/mol. The first kappa shape index (κ1) is 20.9. The molecule has 29 heavy (non-hydrogen) atoms. The predicted molar refractivity (Wildman–Crippen MR) is 105 cm³/mol. The number of anilines is 2. The summed E-state index contributed by atoms with van der Waals surface area (Å²) in [6.45, 7) is 1.46. The third-order valence-electron chi connectivity index (χ3n) is 5.02. The Hall–Kier alpha value is -2.84. The van der Waals surface area contributed by atoms with E-state index in [2.05, 4.69) is 20.2 Å². The van der Waals surface area contributed by atoms with E-state index in [1.54, 1.807) is 12.3 Å². The lowest BCUT2D eigenvalue weighted by molar-refractivity contribution is -0.137. The van der Waals surface area contributed by atoms with Crippen molar-refractivity contribution in [2.75, 3.05) is 37.0 Å². The topological polar surface area (TPSA) is 61.4 Å². The van der Waals surface area contributed by atoms with Crippen molar-refractivity contribution in [1.29, 1.82) is 0 Å². The Labute approximate surface area is 167 Å². The maximum absolute atomic E-state index is 12.8. The fourth-order valence-corrected chi connectivity index (χ4v) is 3.46. The molecule has 2 heterocycles. The van der Waals surface area contributed by atoms with Crippen LogP contribution in [0, 0.1) is 5.92 Å². The van der Waals surface area contributed by atoms with Crippen LogP contribution in [0.15, 0.2) is 36.8 Å². The molecule has 3 rings (SSSR count). The van der Waals surface area contributed by atoms with Crippen LogP contribution in [0.4, 0.5) is 24.7 Å². The van der Waals surface area contributed by atoms with Crippen molar-refractivity contribution in [3.05, 3.63) is 47.9 Å². The first-order valence-corrected chi connectivity index (χ1v) is 9.42. The lowest BCUT2D eigenvalue weighted by Crippen LogP contribution is -2.41. The van der Waals surface area contributed by atoms with Gasteiger partial charge in [-0.1, -0.05) is 12.1 Å². The highest BCUT2D eigenvalue weighted by molar-refractivity contribution is 5.79. The SMILES string of the molecule is CN(C)c1ncncc1N1CCC(C(=O)NCc2cccc(C(F)(F)F)c2)CC1. The summed E-state index contributed by atoms with van der Waals surface area (Å²) in [6, 6.07) is 5.03. The molecule has 1 saturated heterocycles. The van der Waals surface area contributed by atoms with Crippen LogP contribution in [0.2, 0.25) is 0 Å². The normalized spacial score (nSPS) is 15.3. The summed E-state index contributed by atoms with van der Waals surface area (Å²) < 4.78 is 38.4. The van der Waals surface area contributed by atoms with E-state index in [1.165, 1.54) is 12.4 Å². The molecule has 2 aromatic rings. The van der Waals surface area contributed by atoms with E-state index in [0.29, 0.717) is 31.5 Å². The number of nitrogens with zero attached hydrogens (tertiary/aromatic N) is 4. The van der Waals surface area contributed by atoms with Gasteiger partial charge in [0.25, 0.3) is 0 Å². The fourth-order valence-electron chi connectivity index (χ4n) is 3.46. The fraction of sp³-hybridized carbons (Fsp3) is 0.450. The summed E-state index contributed by atoms with van der Waals surface area (Å²) in [7, 11) is 3.83. The molecule has 0 spiro atoms. The van der Waals surface area contributed by atoms with Gasteiger partial charge in [-0.2, -0.15) is 13.2 Å². The van der Waals surface area contributed by atoms with Crippen LogP contribution in [0.5, 0.6) is 0 Å². The molecule has 1 aliphatic rings. The number of rotatable bonds is 5. The summed E-state index contributed by atoms with van der Waals surface area (Å²) in [5.41, 5.74) is 0.655. The molecule has 1 aromatic carbocycles. The molecule has 156 valence electrons. The number of halogens is 3. The van der Waals surface area contributed by atoms with Crippen LogP contribution in [-0.4, -0.2) is 43.1 Å². The molecule has 6 nitrogen and oxygen atoms in total. The average molecular weight is 407 g/mol. The largest absolute Gasteiger partial charge is 0.416 e. The van der Waals surface area contributed by atoms with Gasteiger partial charge in [0.1, 0.15) is 6.33 Å². The number of hydrogen-bond acceptors (Lipinski definition) is 5. The van der Waals surface area contributed by atoms with E-state index in [9.17, 15) is 18.0 Å². The van der Waals surface area contributed by atoms with Gasteiger partial charge in [0.2, 0.25) is 5.91 Å². The number of amides is 1. The molecule has 9 heteroatoms. The molecule has 0 saturated carbocycles. The number of alkyl halides is 3. The molecule has 1 amide bonds. The second-order valence-corrected chi connectivity index (χ2v) is 7.30. The minimum Gasteiger partial charge on any atom is -0.367 e. The number of piperidine rings is 1. The van der Waals surface area contributed by atoms with Gasteiger partial charge in [0, 0.05) is 39.6 Å². The molecule has 1 aliphatic heterocycles. The zero-order valence-electron chi connectivity index (χ0n) is 16.4. The van der Waals surface area contributed by atoms with Crippen LogP contribution in [0.1, 0.15) is 24.0 Å². The standard InChI is InChI=1S/C20H24F3N5O/c1-27(2)18-17(12-24-13-26-18)28-8-6-15(7-9-28)19(29)25-11-14-4-3-5-16(10-14)20(21,22)23/h3-5,10,12-13,15H,6-9,11H2,1-2H3,(H,25,29). The minimum absolute atomic E-state index is 0.0836. The van der Waals surface area contributed by atoms with Gasteiger partial charge in [0.05, 0.1) is 17.4 Å². The number of carbonyl (C=O) groups excluding carboxylic acids is 1. The molecular formula is C20H24F3N5O. The van der Waals surface area contributed by atoms with E-state index in [-0.39, 0.29) is 18.4 Å². The van der Waals surface area contributed by atoms with Gasteiger partial charge in [0.15, 0.2) is 5.82 Å². The van der Waals surface area contributed by atoms with Gasteiger partial charge in [-0.05, 0) is 30.5 Å². The predicted octanol–water partition coefficient (Wildman–Crippen LogP) is 3.09. The first-order chi connectivity index (χ1) is 13.8. The van der Waals surface area contributed by atoms with Gasteiger partial charge in [-0.3, -0.25) is 4.79 Å². The van der Waals surface area contributed by atoms with Crippen LogP contribution in [-0.2, 0) is 17.5 Å². The van der Waals surface area contributed by atoms with Crippen molar-refractivity contribution in [2.24, 2.45) is 5.92 Å². The van der Waals surface area contributed by atoms with Gasteiger partial charge >= 0.3 is 6.18 Å². The van der Waals surface area contributed by atoms with E-state index in [4.69, 9.17) is 0 Å². The lowest BCUT2D eigenvalue weighted by atomic mass is 9.95. The maximum atomic E-state index is 12.8. The zero-order valence-corrected chi connectivity index (χ0v) is 16.4. The van der Waals surface area contributed by atoms with Gasteiger partial charge in [-0.25, -0.2) is 9.97 Å². The van der Waals surface area contributed by atoms with Crippen LogP contribution >= 0.6 is 0 Å². The molecule has 1 fully saturated rings. The Morgan fingerprint density at radius 3 is 2.66 bits per heavy atom. The quantitative estimate of drug-likeness (QED) is 0.825. The number of benzene rings is 1. The number of hydrogen-bond donors (Lipinski definition) is 1. The van der Waals surface area contributed by atoms with E-state index >= 15 is 0 Å². The highest BCUT2D eigenvalue weighted by Gasteiger charge is 2.30. The zero-order chi connectivity index (χ0) is 21.0. The smallest absolute Gasteiger partial charge is 0.367 e. The van der Waals surface area contributed by atoms with Crippen LogP contribution < -0.4 is 15.1 Å². The molecule has 0 aliphatic carbocycles. The second-order valence-electron chi connectivity index (χ2n) is 7.30. The Morgan fingerprint density at radius 1 is 1.28 bits per heavy atom. The van der Waals surface area contributed by atoms with Gasteiger partial charge < -0.3 is 15.1 Å². The average Bonchev–Trinajstić information content (AvgIpc) is 2.71. The maximum Gasteiger partial charge on any atom is 0.416 e. The Balaban J connectivity index is 1.55. The molecule has 0 bridgehead atoms. The van der Waals surface area contributed by atoms with Crippen molar-refractivity contribution in [1.82, 2.24) is 15.3 Å². The van der Waals surface area contributed by atoms with Crippen LogP contribution in [0.25, 0.3) is 0 Å². The Kier molecular flexibility index (Phi) is 6.24. The van der Waals surface area contributed by atoms with Crippen molar-refractivity contribution in [3.8, 4) is 0 Å². The summed E-state index contributed by atoms with van der Waals surface area (Å²) in [5, 5.41) is 2.77. The lowest BCUT2D eigenvalue weighted by Gasteiger charge is -2.34. The first-order valence-electron chi connectivity index (χ1n) is 9.42.